The van der Waals surface area contributed by atoms with Crippen molar-refractivity contribution in [2.24, 2.45) is 0 Å². The van der Waals surface area contributed by atoms with Crippen molar-refractivity contribution in [3.8, 4) is 16.9 Å². The minimum atomic E-state index is 0.0235. The number of aromatic nitrogens is 2. The fourth-order valence-corrected chi connectivity index (χ4v) is 4.57. The Morgan fingerprint density at radius 3 is 2.48 bits per heavy atom. The van der Waals surface area contributed by atoms with E-state index in [0.717, 1.165) is 28.5 Å². The first-order chi connectivity index (χ1) is 14.3. The number of carbonyl (C=O) groups is 1. The van der Waals surface area contributed by atoms with Gasteiger partial charge in [0.05, 0.1) is 17.6 Å². The molecule has 2 aromatic heterocycles. The second-order valence-electron chi connectivity index (χ2n) is 6.43. The molecular weight excluding hydrogens is 398 g/mol. The van der Waals surface area contributed by atoms with Crippen LogP contribution in [-0.2, 0) is 11.2 Å². The highest BCUT2D eigenvalue weighted by Crippen LogP contribution is 2.29. The van der Waals surface area contributed by atoms with Crippen LogP contribution in [0.4, 0.5) is 0 Å². The summed E-state index contributed by atoms with van der Waals surface area (Å²) >= 11 is 3.17. The van der Waals surface area contributed by atoms with Crippen LogP contribution in [0.15, 0.2) is 89.5 Å². The van der Waals surface area contributed by atoms with E-state index in [9.17, 15) is 4.79 Å². The van der Waals surface area contributed by atoms with Crippen molar-refractivity contribution in [3.63, 3.8) is 0 Å². The Balaban J connectivity index is 1.47. The third kappa shape index (κ3) is 4.96. The number of rotatable bonds is 8. The maximum atomic E-state index is 12.3. The van der Waals surface area contributed by atoms with Crippen molar-refractivity contribution in [3.05, 3.63) is 89.3 Å². The van der Waals surface area contributed by atoms with Gasteiger partial charge in [-0.1, -0.05) is 66.4 Å². The molecule has 1 N–H and O–H groups in total. The number of nitrogens with zero attached hydrogens (tertiary/aromatic N) is 2. The van der Waals surface area contributed by atoms with Gasteiger partial charge in [0.2, 0.25) is 5.91 Å². The number of hydrogen-bond acceptors (Lipinski definition) is 4. The fourth-order valence-electron chi connectivity index (χ4n) is 3.04. The number of hydrogen-bond donors (Lipinski definition) is 1. The molecule has 0 aliphatic rings. The van der Waals surface area contributed by atoms with Crippen molar-refractivity contribution in [2.75, 3.05) is 12.3 Å². The molecule has 29 heavy (non-hydrogen) atoms. The zero-order valence-corrected chi connectivity index (χ0v) is 17.5. The number of carbonyl (C=O) groups excluding carboxylic acids is 1. The highest BCUT2D eigenvalue weighted by molar-refractivity contribution is 7.99. The van der Waals surface area contributed by atoms with Crippen LogP contribution in [0.1, 0.15) is 4.88 Å². The zero-order chi connectivity index (χ0) is 19.9. The molecule has 0 aliphatic carbocycles. The van der Waals surface area contributed by atoms with Crippen molar-refractivity contribution in [2.45, 2.75) is 11.6 Å². The summed E-state index contributed by atoms with van der Waals surface area (Å²) in [5.41, 5.74) is 3.14. The van der Waals surface area contributed by atoms with Gasteiger partial charge < -0.3 is 5.32 Å². The molecule has 0 unspecified atom stereocenters. The first-order valence-electron chi connectivity index (χ1n) is 9.42. The van der Waals surface area contributed by atoms with Crippen LogP contribution in [0.3, 0.4) is 0 Å². The Bertz CT molecular complexity index is 1040. The molecule has 2 aromatic carbocycles. The predicted octanol–water partition coefficient (Wildman–Crippen LogP) is 5.05. The van der Waals surface area contributed by atoms with E-state index in [1.54, 1.807) is 11.3 Å². The number of benzene rings is 2. The SMILES string of the molecule is O=C(CSc1ncc(-c2ccccc2)n1-c1ccccc1)NCCc1cccs1. The molecule has 0 radical (unpaired) electrons. The lowest BCUT2D eigenvalue weighted by Crippen LogP contribution is -2.27. The van der Waals surface area contributed by atoms with Crippen molar-refractivity contribution in [1.82, 2.24) is 14.9 Å². The van der Waals surface area contributed by atoms with Crippen LogP contribution in [0.25, 0.3) is 16.9 Å². The summed E-state index contributed by atoms with van der Waals surface area (Å²) in [4.78, 5) is 18.2. The molecule has 0 bridgehead atoms. The van der Waals surface area contributed by atoms with Gasteiger partial charge in [0, 0.05) is 22.7 Å². The summed E-state index contributed by atoms with van der Waals surface area (Å²) in [6.07, 6.45) is 2.74. The van der Waals surface area contributed by atoms with Gasteiger partial charge in [-0.25, -0.2) is 4.98 Å². The molecule has 1 amide bonds. The number of nitrogens with one attached hydrogen (secondary N) is 1. The van der Waals surface area contributed by atoms with Crippen molar-refractivity contribution in [1.29, 1.82) is 0 Å². The molecule has 4 aromatic rings. The maximum absolute atomic E-state index is 12.3. The standard InChI is InChI=1S/C23H21N3OS2/c27-22(24-14-13-20-12-7-15-28-20)17-29-23-25-16-21(18-8-3-1-4-9-18)26(23)19-10-5-2-6-11-19/h1-12,15-16H,13-14,17H2,(H,24,27). The molecule has 2 heterocycles. The van der Waals surface area contributed by atoms with Crippen LogP contribution >= 0.6 is 23.1 Å². The van der Waals surface area contributed by atoms with Crippen LogP contribution < -0.4 is 5.32 Å². The van der Waals surface area contributed by atoms with Gasteiger partial charge >= 0.3 is 0 Å². The normalized spacial score (nSPS) is 10.8. The molecule has 0 atom stereocenters. The van der Waals surface area contributed by atoms with Crippen LogP contribution in [0.2, 0.25) is 0 Å². The van der Waals surface area contributed by atoms with E-state index in [1.165, 1.54) is 16.6 Å². The lowest BCUT2D eigenvalue weighted by atomic mass is 10.1. The van der Waals surface area contributed by atoms with Gasteiger partial charge in [-0.3, -0.25) is 9.36 Å². The monoisotopic (exact) mass is 419 g/mol. The fraction of sp³-hybridized carbons (Fsp3) is 0.130. The van der Waals surface area contributed by atoms with Crippen molar-refractivity contribution < 1.29 is 4.79 Å². The summed E-state index contributed by atoms with van der Waals surface area (Å²) in [5, 5.41) is 5.86. The molecular formula is C23H21N3OS2. The minimum Gasteiger partial charge on any atom is -0.355 e. The average molecular weight is 420 g/mol. The summed E-state index contributed by atoms with van der Waals surface area (Å²) in [6.45, 7) is 0.655. The molecule has 146 valence electrons. The lowest BCUT2D eigenvalue weighted by molar-refractivity contribution is -0.118. The van der Waals surface area contributed by atoms with Gasteiger partial charge in [-0.05, 0) is 30.0 Å². The lowest BCUT2D eigenvalue weighted by Gasteiger charge is -2.12. The summed E-state index contributed by atoms with van der Waals surface area (Å²) in [7, 11) is 0. The highest BCUT2D eigenvalue weighted by Gasteiger charge is 2.15. The quantitative estimate of drug-likeness (QED) is 0.407. The largest absolute Gasteiger partial charge is 0.355 e. The van der Waals surface area contributed by atoms with E-state index in [2.05, 4.69) is 50.6 Å². The van der Waals surface area contributed by atoms with E-state index in [0.29, 0.717) is 12.3 Å². The van der Waals surface area contributed by atoms with Gasteiger partial charge in [0.1, 0.15) is 0 Å². The van der Waals surface area contributed by atoms with E-state index < -0.39 is 0 Å². The average Bonchev–Trinajstić information content (AvgIpc) is 3.43. The number of amides is 1. The molecule has 0 aliphatic heterocycles. The molecule has 0 saturated heterocycles. The van der Waals surface area contributed by atoms with Crippen LogP contribution in [-0.4, -0.2) is 27.8 Å². The van der Waals surface area contributed by atoms with E-state index in [1.807, 2.05) is 48.7 Å². The molecule has 6 heteroatoms. The summed E-state index contributed by atoms with van der Waals surface area (Å²) < 4.78 is 2.11. The van der Waals surface area contributed by atoms with Gasteiger partial charge in [-0.15, -0.1) is 11.3 Å². The third-order valence-corrected chi connectivity index (χ3v) is 6.31. The Morgan fingerprint density at radius 1 is 1.00 bits per heavy atom. The Morgan fingerprint density at radius 2 is 1.76 bits per heavy atom. The second-order valence-corrected chi connectivity index (χ2v) is 8.41. The first-order valence-corrected chi connectivity index (χ1v) is 11.3. The van der Waals surface area contributed by atoms with E-state index in [4.69, 9.17) is 0 Å². The number of thioether (sulfide) groups is 1. The summed E-state index contributed by atoms with van der Waals surface area (Å²) in [5.74, 6) is 0.359. The molecule has 0 fully saturated rings. The third-order valence-electron chi connectivity index (χ3n) is 4.42. The molecule has 0 spiro atoms. The zero-order valence-electron chi connectivity index (χ0n) is 15.8. The van der Waals surface area contributed by atoms with E-state index >= 15 is 0 Å². The topological polar surface area (TPSA) is 46.9 Å². The second kappa shape index (κ2) is 9.58. The number of thiophene rings is 1. The minimum absolute atomic E-state index is 0.0235. The summed E-state index contributed by atoms with van der Waals surface area (Å²) in [6, 6.07) is 24.4. The predicted molar refractivity (Wildman–Crippen MR) is 121 cm³/mol. The Hall–Kier alpha value is -2.83. The van der Waals surface area contributed by atoms with Gasteiger partial charge in [0.25, 0.3) is 0 Å². The Labute approximate surface area is 178 Å². The molecule has 4 nitrogen and oxygen atoms in total. The molecule has 4 rings (SSSR count). The van der Waals surface area contributed by atoms with Gasteiger partial charge in [-0.2, -0.15) is 0 Å². The van der Waals surface area contributed by atoms with Crippen molar-refractivity contribution >= 4 is 29.0 Å². The smallest absolute Gasteiger partial charge is 0.230 e. The molecule has 0 saturated carbocycles. The Kier molecular flexibility index (Phi) is 6.44. The van der Waals surface area contributed by atoms with E-state index in [-0.39, 0.29) is 5.91 Å². The maximum Gasteiger partial charge on any atom is 0.230 e. The highest BCUT2D eigenvalue weighted by atomic mass is 32.2. The van der Waals surface area contributed by atoms with Crippen LogP contribution in [0.5, 0.6) is 0 Å². The first kappa shape index (κ1) is 19.5. The number of para-hydroxylation sites is 1. The van der Waals surface area contributed by atoms with Gasteiger partial charge in [0.15, 0.2) is 5.16 Å². The number of imidazole rings is 1. The van der Waals surface area contributed by atoms with Crippen LogP contribution in [0, 0.1) is 0 Å².